The summed E-state index contributed by atoms with van der Waals surface area (Å²) in [6.07, 6.45) is 12.9. The number of hydrogen-bond acceptors (Lipinski definition) is 4. The average molecular weight is 412 g/mol. The summed E-state index contributed by atoms with van der Waals surface area (Å²) in [4.78, 5) is 13.4. The zero-order valence-electron chi connectivity index (χ0n) is 18.5. The fourth-order valence-electron chi connectivity index (χ4n) is 5.04. The quantitative estimate of drug-likeness (QED) is 0.345. The molecule has 0 heterocycles. The Labute approximate surface area is 181 Å². The third-order valence-corrected chi connectivity index (χ3v) is 7.00. The third kappa shape index (κ3) is 5.78. The van der Waals surface area contributed by atoms with E-state index in [1.807, 2.05) is 12.1 Å². The van der Waals surface area contributed by atoms with Gasteiger partial charge >= 0.3 is 5.97 Å². The van der Waals surface area contributed by atoms with E-state index in [2.05, 4.69) is 25.1 Å². The summed E-state index contributed by atoms with van der Waals surface area (Å²) in [5.41, 5.74) is 0.579. The smallest absolute Gasteiger partial charge is 0.316 e. The van der Waals surface area contributed by atoms with Gasteiger partial charge in [-0.1, -0.05) is 44.7 Å². The lowest BCUT2D eigenvalue weighted by atomic mass is 9.69. The summed E-state index contributed by atoms with van der Waals surface area (Å²) < 4.78 is 11.9. The molecule has 30 heavy (non-hydrogen) atoms. The second-order valence-electron chi connectivity index (χ2n) is 9.11. The predicted octanol–water partition coefficient (Wildman–Crippen LogP) is 6.47. The average Bonchev–Trinajstić information content (AvgIpc) is 2.79. The summed E-state index contributed by atoms with van der Waals surface area (Å²) in [5, 5.41) is 8.79. The molecule has 4 nitrogen and oxygen atoms in total. The van der Waals surface area contributed by atoms with Gasteiger partial charge < -0.3 is 9.47 Å². The van der Waals surface area contributed by atoms with Crippen LogP contribution >= 0.6 is 0 Å². The second-order valence-corrected chi connectivity index (χ2v) is 9.11. The molecule has 0 saturated heterocycles. The zero-order chi connectivity index (χ0) is 21.2. The molecule has 2 aliphatic rings. The van der Waals surface area contributed by atoms with Gasteiger partial charge in [-0.25, -0.2) is 0 Å². The van der Waals surface area contributed by atoms with Crippen molar-refractivity contribution < 1.29 is 14.3 Å². The maximum atomic E-state index is 13.4. The fraction of sp³-hybridized carbons (Fsp3) is 0.692. The van der Waals surface area contributed by atoms with Crippen molar-refractivity contribution in [3.63, 3.8) is 0 Å². The first-order chi connectivity index (χ1) is 14.7. The van der Waals surface area contributed by atoms with Gasteiger partial charge in [0.15, 0.2) is 0 Å². The lowest BCUT2D eigenvalue weighted by Crippen LogP contribution is -2.41. The second kappa shape index (κ2) is 11.4. The van der Waals surface area contributed by atoms with Crippen LogP contribution in [0.3, 0.4) is 0 Å². The molecule has 2 aliphatic carbocycles. The van der Waals surface area contributed by atoms with Crippen molar-refractivity contribution in [1.29, 1.82) is 5.26 Å². The molecule has 0 amide bonds. The number of carbonyl (C=O) groups is 1. The van der Waals surface area contributed by atoms with Crippen LogP contribution in [0.25, 0.3) is 0 Å². The highest BCUT2D eigenvalue weighted by molar-refractivity contribution is 5.83. The molecule has 0 radical (unpaired) electrons. The number of nitriles is 1. The maximum Gasteiger partial charge on any atom is 0.316 e. The van der Waals surface area contributed by atoms with E-state index in [0.717, 1.165) is 88.5 Å². The highest BCUT2D eigenvalue weighted by atomic mass is 16.5. The Kier molecular flexibility index (Phi) is 8.61. The molecular weight excluding hydrogens is 374 g/mol. The van der Waals surface area contributed by atoms with E-state index >= 15 is 0 Å². The van der Waals surface area contributed by atoms with Crippen LogP contribution in [0.1, 0.15) is 96.0 Å². The van der Waals surface area contributed by atoms with E-state index in [4.69, 9.17) is 14.7 Å². The number of rotatable bonds is 9. The largest absolute Gasteiger partial charge is 0.494 e. The molecule has 2 fully saturated rings. The van der Waals surface area contributed by atoms with Gasteiger partial charge in [0.1, 0.15) is 11.9 Å². The van der Waals surface area contributed by atoms with Crippen LogP contribution in [0.4, 0.5) is 0 Å². The lowest BCUT2D eigenvalue weighted by Gasteiger charge is -2.38. The summed E-state index contributed by atoms with van der Waals surface area (Å²) >= 11 is 0. The Morgan fingerprint density at radius 1 is 1.10 bits per heavy atom. The van der Waals surface area contributed by atoms with Crippen molar-refractivity contribution in [3.8, 4) is 11.8 Å². The monoisotopic (exact) mass is 411 g/mol. The molecule has 0 spiro atoms. The molecule has 0 unspecified atom stereocenters. The van der Waals surface area contributed by atoms with Crippen molar-refractivity contribution in [2.75, 3.05) is 6.61 Å². The van der Waals surface area contributed by atoms with Gasteiger partial charge in [0, 0.05) is 6.42 Å². The van der Waals surface area contributed by atoms with Crippen LogP contribution in [-0.2, 0) is 14.9 Å². The van der Waals surface area contributed by atoms with Gasteiger partial charge in [-0.05, 0) is 75.0 Å². The van der Waals surface area contributed by atoms with Crippen molar-refractivity contribution in [3.05, 3.63) is 29.8 Å². The predicted molar refractivity (Wildman–Crippen MR) is 118 cm³/mol. The minimum absolute atomic E-state index is 0.0256. The molecule has 164 valence electrons. The molecule has 2 saturated carbocycles. The molecule has 1 aromatic carbocycles. The summed E-state index contributed by atoms with van der Waals surface area (Å²) in [7, 11) is 0. The number of benzene rings is 1. The number of unbranched alkanes of at least 4 members (excludes halogenated alkanes) is 1. The highest BCUT2D eigenvalue weighted by Gasteiger charge is 2.43. The molecular formula is C26H37NO3. The van der Waals surface area contributed by atoms with Crippen molar-refractivity contribution in [1.82, 2.24) is 0 Å². The van der Waals surface area contributed by atoms with E-state index in [-0.39, 0.29) is 12.1 Å². The van der Waals surface area contributed by atoms with Gasteiger partial charge in [0.2, 0.25) is 0 Å². The van der Waals surface area contributed by atoms with Gasteiger partial charge in [0.25, 0.3) is 0 Å². The van der Waals surface area contributed by atoms with Crippen LogP contribution in [-0.4, -0.2) is 18.7 Å². The van der Waals surface area contributed by atoms with E-state index in [1.165, 1.54) is 6.42 Å². The topological polar surface area (TPSA) is 59.3 Å². The number of esters is 1. The third-order valence-electron chi connectivity index (χ3n) is 7.00. The molecule has 4 heteroatoms. The summed E-state index contributed by atoms with van der Waals surface area (Å²) in [5.74, 6) is 1.47. The molecule has 0 atom stereocenters. The molecule has 0 aromatic heterocycles. The summed E-state index contributed by atoms with van der Waals surface area (Å²) in [6.45, 7) is 2.89. The Balaban J connectivity index is 1.63. The number of ether oxygens (including phenoxy) is 2. The van der Waals surface area contributed by atoms with Gasteiger partial charge in [-0.3, -0.25) is 4.79 Å². The van der Waals surface area contributed by atoms with Crippen molar-refractivity contribution in [2.24, 2.45) is 5.92 Å². The van der Waals surface area contributed by atoms with Crippen LogP contribution in [0.5, 0.6) is 5.75 Å². The van der Waals surface area contributed by atoms with Gasteiger partial charge in [-0.2, -0.15) is 5.26 Å². The standard InChI is InChI=1S/C26H37NO3/c1-2-3-20-29-23-15-11-22(12-16-23)26(17-5-4-6-18-26)25(28)30-24-13-9-21(10-14-24)8-7-19-27/h11-12,15-16,21,24H,2-10,13-14,17-18,20H2,1H3/t21-,24-. The van der Waals surface area contributed by atoms with E-state index < -0.39 is 5.41 Å². The number of nitrogens with zero attached hydrogens (tertiary/aromatic N) is 1. The Morgan fingerprint density at radius 2 is 1.80 bits per heavy atom. The first-order valence-electron chi connectivity index (χ1n) is 12.0. The number of hydrogen-bond donors (Lipinski definition) is 0. The first kappa shape index (κ1) is 22.7. The Morgan fingerprint density at radius 3 is 2.43 bits per heavy atom. The normalized spacial score (nSPS) is 23.3. The Hall–Kier alpha value is -2.02. The first-order valence-corrected chi connectivity index (χ1v) is 12.0. The summed E-state index contributed by atoms with van der Waals surface area (Å²) in [6, 6.07) is 10.4. The van der Waals surface area contributed by atoms with Crippen LogP contribution < -0.4 is 4.74 Å². The molecule has 0 bridgehead atoms. The maximum absolute atomic E-state index is 13.4. The van der Waals surface area contributed by atoms with E-state index in [0.29, 0.717) is 12.3 Å². The SMILES string of the molecule is CCCCOc1ccc(C2(C(=O)O[C@H]3CC[C@H](CCC#N)CC3)CCCCC2)cc1. The van der Waals surface area contributed by atoms with Gasteiger partial charge in [-0.15, -0.1) is 0 Å². The minimum Gasteiger partial charge on any atom is -0.494 e. The zero-order valence-corrected chi connectivity index (χ0v) is 18.5. The van der Waals surface area contributed by atoms with Crippen LogP contribution in [0, 0.1) is 17.2 Å². The van der Waals surface area contributed by atoms with Crippen molar-refractivity contribution >= 4 is 5.97 Å². The van der Waals surface area contributed by atoms with Gasteiger partial charge in [0.05, 0.1) is 18.1 Å². The molecule has 3 rings (SSSR count). The minimum atomic E-state index is -0.502. The lowest BCUT2D eigenvalue weighted by molar-refractivity contribution is -0.159. The number of carbonyl (C=O) groups excluding carboxylic acids is 1. The molecule has 0 aliphatic heterocycles. The van der Waals surface area contributed by atoms with E-state index in [1.54, 1.807) is 0 Å². The van der Waals surface area contributed by atoms with Crippen LogP contribution in [0.15, 0.2) is 24.3 Å². The highest BCUT2D eigenvalue weighted by Crippen LogP contribution is 2.42. The van der Waals surface area contributed by atoms with E-state index in [9.17, 15) is 4.79 Å². The van der Waals surface area contributed by atoms with Crippen LogP contribution in [0.2, 0.25) is 0 Å². The fourth-order valence-corrected chi connectivity index (χ4v) is 5.04. The molecule has 1 aromatic rings. The Bertz CT molecular complexity index is 692. The molecule has 0 N–H and O–H groups in total. The van der Waals surface area contributed by atoms with Crippen molar-refractivity contribution in [2.45, 2.75) is 102 Å².